The van der Waals surface area contributed by atoms with Crippen molar-refractivity contribution in [1.29, 1.82) is 0 Å². The van der Waals surface area contributed by atoms with Crippen LogP contribution in [-0.4, -0.2) is 18.6 Å². The third-order valence-corrected chi connectivity index (χ3v) is 4.51. The van der Waals surface area contributed by atoms with Crippen molar-refractivity contribution in [2.45, 2.75) is 31.3 Å². The van der Waals surface area contributed by atoms with Crippen molar-refractivity contribution in [2.24, 2.45) is 0 Å². The smallest absolute Gasteiger partial charge is 0.227 e. The molecule has 2 rings (SSSR count). The van der Waals surface area contributed by atoms with E-state index in [0.717, 1.165) is 28.5 Å². The van der Waals surface area contributed by atoms with E-state index in [0.29, 0.717) is 11.4 Å². The first kappa shape index (κ1) is 14.1. The van der Waals surface area contributed by atoms with Crippen LogP contribution in [0, 0.1) is 3.57 Å². The molecular weight excluding hydrogens is 365 g/mol. The summed E-state index contributed by atoms with van der Waals surface area (Å²) < 4.78 is 6.39. The highest BCUT2D eigenvalue weighted by Gasteiger charge is 2.39. The van der Waals surface area contributed by atoms with Crippen LogP contribution in [0.3, 0.4) is 0 Å². The number of anilines is 1. The lowest BCUT2D eigenvalue weighted by molar-refractivity contribution is -0.129. The minimum absolute atomic E-state index is 0.00297. The highest BCUT2D eigenvalue weighted by molar-refractivity contribution is 14.1. The van der Waals surface area contributed by atoms with Crippen LogP contribution in [0.15, 0.2) is 18.2 Å². The second-order valence-corrected chi connectivity index (χ2v) is 6.19. The largest absolute Gasteiger partial charge is 0.378 e. The first-order valence-electron chi connectivity index (χ1n) is 5.85. The van der Waals surface area contributed by atoms with Crippen LogP contribution < -0.4 is 5.32 Å². The average molecular weight is 380 g/mol. The predicted molar refractivity (Wildman–Crippen MR) is 81.0 cm³/mol. The van der Waals surface area contributed by atoms with Gasteiger partial charge in [-0.15, -0.1) is 0 Å². The Kier molecular flexibility index (Phi) is 4.50. The SMILES string of the molecule is COC1(CC(=O)Nc2ccc(Cl)cc2I)CCC1. The van der Waals surface area contributed by atoms with Crippen molar-refractivity contribution < 1.29 is 9.53 Å². The van der Waals surface area contributed by atoms with Gasteiger partial charge in [0.05, 0.1) is 17.7 Å². The van der Waals surface area contributed by atoms with Crippen LogP contribution in [0.4, 0.5) is 5.69 Å². The highest BCUT2D eigenvalue weighted by atomic mass is 127. The summed E-state index contributed by atoms with van der Waals surface area (Å²) in [5.74, 6) is -0.00297. The molecule has 3 nitrogen and oxygen atoms in total. The van der Waals surface area contributed by atoms with E-state index >= 15 is 0 Å². The van der Waals surface area contributed by atoms with Crippen LogP contribution in [-0.2, 0) is 9.53 Å². The fourth-order valence-corrected chi connectivity index (χ4v) is 3.11. The molecule has 18 heavy (non-hydrogen) atoms. The Morgan fingerprint density at radius 2 is 2.28 bits per heavy atom. The molecule has 1 aliphatic rings. The van der Waals surface area contributed by atoms with Gasteiger partial charge in [-0.3, -0.25) is 4.79 Å². The van der Waals surface area contributed by atoms with Crippen molar-refractivity contribution in [2.75, 3.05) is 12.4 Å². The van der Waals surface area contributed by atoms with E-state index in [1.165, 1.54) is 0 Å². The van der Waals surface area contributed by atoms with Crippen LogP contribution in [0.5, 0.6) is 0 Å². The molecule has 0 spiro atoms. The molecular formula is C13H15ClINO2. The molecule has 1 aromatic carbocycles. The minimum atomic E-state index is -0.234. The minimum Gasteiger partial charge on any atom is -0.378 e. The summed E-state index contributed by atoms with van der Waals surface area (Å²) in [4.78, 5) is 12.0. The van der Waals surface area contributed by atoms with Gasteiger partial charge < -0.3 is 10.1 Å². The maximum Gasteiger partial charge on any atom is 0.227 e. The first-order valence-corrected chi connectivity index (χ1v) is 7.30. The van der Waals surface area contributed by atoms with Crippen molar-refractivity contribution in [3.8, 4) is 0 Å². The van der Waals surface area contributed by atoms with Gasteiger partial charge >= 0.3 is 0 Å². The van der Waals surface area contributed by atoms with E-state index in [1.54, 1.807) is 13.2 Å². The summed E-state index contributed by atoms with van der Waals surface area (Å²) in [5, 5.41) is 3.58. The van der Waals surface area contributed by atoms with Gasteiger partial charge in [-0.25, -0.2) is 0 Å². The van der Waals surface area contributed by atoms with E-state index in [9.17, 15) is 4.79 Å². The molecule has 0 radical (unpaired) electrons. The Bertz CT molecular complexity index is 455. The van der Waals surface area contributed by atoms with E-state index < -0.39 is 0 Å². The van der Waals surface area contributed by atoms with Crippen LogP contribution >= 0.6 is 34.2 Å². The summed E-state index contributed by atoms with van der Waals surface area (Å²) >= 11 is 8.04. The number of hydrogen-bond donors (Lipinski definition) is 1. The van der Waals surface area contributed by atoms with Crippen LogP contribution in [0.1, 0.15) is 25.7 Å². The van der Waals surface area contributed by atoms with Gasteiger partial charge in [0.15, 0.2) is 0 Å². The molecule has 0 unspecified atom stereocenters. The van der Waals surface area contributed by atoms with Gasteiger partial charge in [-0.05, 0) is 60.1 Å². The summed E-state index contributed by atoms with van der Waals surface area (Å²) in [6, 6.07) is 5.42. The summed E-state index contributed by atoms with van der Waals surface area (Å²) in [7, 11) is 1.68. The monoisotopic (exact) mass is 379 g/mol. The lowest BCUT2D eigenvalue weighted by Crippen LogP contribution is -2.42. The number of rotatable bonds is 4. The lowest BCUT2D eigenvalue weighted by Gasteiger charge is -2.39. The molecule has 98 valence electrons. The Balaban J connectivity index is 1.98. The topological polar surface area (TPSA) is 38.3 Å². The molecule has 1 amide bonds. The fourth-order valence-electron chi connectivity index (χ4n) is 2.10. The Morgan fingerprint density at radius 1 is 1.56 bits per heavy atom. The number of carbonyl (C=O) groups excluding carboxylic acids is 1. The van der Waals surface area contributed by atoms with E-state index in [1.807, 2.05) is 12.1 Å². The summed E-state index contributed by atoms with van der Waals surface area (Å²) in [6.45, 7) is 0. The molecule has 1 saturated carbocycles. The zero-order valence-electron chi connectivity index (χ0n) is 10.1. The molecule has 0 aromatic heterocycles. The number of ether oxygens (including phenoxy) is 1. The second kappa shape index (κ2) is 5.75. The standard InChI is InChI=1S/C13H15ClINO2/c1-18-13(5-2-6-13)8-12(17)16-11-4-3-9(14)7-10(11)15/h3-4,7H,2,5-6,8H2,1H3,(H,16,17). The van der Waals surface area contributed by atoms with E-state index in [4.69, 9.17) is 16.3 Å². The lowest BCUT2D eigenvalue weighted by atomic mass is 9.77. The average Bonchev–Trinajstić information content (AvgIpc) is 2.27. The summed E-state index contributed by atoms with van der Waals surface area (Å²) in [6.07, 6.45) is 3.49. The van der Waals surface area contributed by atoms with Crippen molar-refractivity contribution in [3.63, 3.8) is 0 Å². The second-order valence-electron chi connectivity index (χ2n) is 4.59. The molecule has 1 aromatic rings. The third kappa shape index (κ3) is 3.16. The van der Waals surface area contributed by atoms with Crippen molar-refractivity contribution in [1.82, 2.24) is 0 Å². The zero-order chi connectivity index (χ0) is 13.2. The van der Waals surface area contributed by atoms with Gasteiger partial charge in [0.25, 0.3) is 0 Å². The van der Waals surface area contributed by atoms with E-state index in [2.05, 4.69) is 27.9 Å². The number of nitrogens with one attached hydrogen (secondary N) is 1. The van der Waals surface area contributed by atoms with E-state index in [-0.39, 0.29) is 11.5 Å². The molecule has 1 fully saturated rings. The number of benzene rings is 1. The Hall–Kier alpha value is -0.330. The molecule has 0 heterocycles. The quantitative estimate of drug-likeness (QED) is 0.807. The zero-order valence-corrected chi connectivity index (χ0v) is 13.0. The van der Waals surface area contributed by atoms with Gasteiger partial charge in [-0.2, -0.15) is 0 Å². The number of hydrogen-bond acceptors (Lipinski definition) is 2. The first-order chi connectivity index (χ1) is 8.54. The van der Waals surface area contributed by atoms with Crippen LogP contribution in [0.2, 0.25) is 5.02 Å². The maximum absolute atomic E-state index is 12.0. The van der Waals surface area contributed by atoms with Gasteiger partial charge in [-0.1, -0.05) is 11.6 Å². The Morgan fingerprint density at radius 3 is 2.78 bits per heavy atom. The predicted octanol–water partition coefficient (Wildman–Crippen LogP) is 3.84. The summed E-state index contributed by atoms with van der Waals surface area (Å²) in [5.41, 5.74) is 0.567. The van der Waals surface area contributed by atoms with Crippen LogP contribution in [0.25, 0.3) is 0 Å². The molecule has 0 saturated heterocycles. The molecule has 0 aliphatic heterocycles. The number of methoxy groups -OCH3 is 1. The van der Waals surface area contributed by atoms with Gasteiger partial charge in [0.2, 0.25) is 5.91 Å². The van der Waals surface area contributed by atoms with Crippen molar-refractivity contribution >= 4 is 45.8 Å². The van der Waals surface area contributed by atoms with Gasteiger partial charge in [0, 0.05) is 15.7 Å². The number of halogens is 2. The molecule has 5 heteroatoms. The molecule has 1 N–H and O–H groups in total. The Labute approximate surface area is 125 Å². The number of amides is 1. The third-order valence-electron chi connectivity index (χ3n) is 3.39. The van der Waals surface area contributed by atoms with Crippen molar-refractivity contribution in [3.05, 3.63) is 26.8 Å². The fraction of sp³-hybridized carbons (Fsp3) is 0.462. The van der Waals surface area contributed by atoms with Gasteiger partial charge in [0.1, 0.15) is 0 Å². The number of carbonyl (C=O) groups is 1. The molecule has 1 aliphatic carbocycles. The highest BCUT2D eigenvalue weighted by Crippen LogP contribution is 2.38. The maximum atomic E-state index is 12.0. The molecule has 0 atom stereocenters. The molecule has 0 bridgehead atoms. The normalized spacial score (nSPS) is 17.1.